The quantitative estimate of drug-likeness (QED) is 0.257. The van der Waals surface area contributed by atoms with Crippen LogP contribution in [0.2, 0.25) is 0 Å². The predicted molar refractivity (Wildman–Crippen MR) is 146 cm³/mol. The summed E-state index contributed by atoms with van der Waals surface area (Å²) in [4.78, 5) is 12.9. The van der Waals surface area contributed by atoms with Gasteiger partial charge in [-0.05, 0) is 74.1 Å². The minimum Gasteiger partial charge on any atom is -0.493 e. The molecule has 5 N–H and O–H groups in total. The maximum atomic E-state index is 12.9. The minimum atomic E-state index is -0.719. The van der Waals surface area contributed by atoms with Crippen LogP contribution in [-0.4, -0.2) is 62.6 Å². The SMILES string of the molecule is COCCCOc1cc(CC(CC(N)C(O)CC(C(=O)N[C@H]2CCNC2)C(C)C)C(C)C)ccc1C. The second kappa shape index (κ2) is 15.6. The van der Waals surface area contributed by atoms with Crippen LogP contribution >= 0.6 is 0 Å². The number of hydrogen-bond donors (Lipinski definition) is 4. The van der Waals surface area contributed by atoms with Crippen molar-refractivity contribution in [2.24, 2.45) is 29.4 Å². The van der Waals surface area contributed by atoms with Crippen molar-refractivity contribution in [3.8, 4) is 5.75 Å². The number of hydrogen-bond acceptors (Lipinski definition) is 6. The zero-order valence-corrected chi connectivity index (χ0v) is 23.4. The van der Waals surface area contributed by atoms with Crippen LogP contribution in [0.1, 0.15) is 64.5 Å². The summed E-state index contributed by atoms with van der Waals surface area (Å²) in [5.74, 6) is 1.56. The Bertz CT molecular complexity index is 780. The van der Waals surface area contributed by atoms with Gasteiger partial charge in [0.15, 0.2) is 0 Å². The standard InChI is InChI=1S/C29H51N3O4/c1-19(2)23(14-22-9-8-21(5)28(15-22)36-13-7-12-35-6)16-26(30)27(33)17-25(20(3)4)29(34)32-24-10-11-31-18-24/h8-9,15,19-20,23-27,31,33H,7,10-14,16-18,30H2,1-6H3,(H,32,34)/t23?,24-,25?,26?,27?/m0/s1. The minimum absolute atomic E-state index is 0.0306. The van der Waals surface area contributed by atoms with E-state index in [0.717, 1.165) is 43.7 Å². The fourth-order valence-corrected chi connectivity index (χ4v) is 4.92. The fourth-order valence-electron chi connectivity index (χ4n) is 4.92. The second-order valence-corrected chi connectivity index (χ2v) is 11.3. The molecule has 1 amide bonds. The van der Waals surface area contributed by atoms with Crippen LogP contribution in [0.4, 0.5) is 0 Å². The van der Waals surface area contributed by atoms with E-state index in [1.807, 2.05) is 13.8 Å². The Labute approximate surface area is 218 Å². The molecule has 0 bridgehead atoms. The molecule has 1 fully saturated rings. The van der Waals surface area contributed by atoms with Crippen molar-refractivity contribution >= 4 is 5.91 Å². The third kappa shape index (κ3) is 10.0. The highest BCUT2D eigenvalue weighted by Crippen LogP contribution is 2.28. The van der Waals surface area contributed by atoms with E-state index in [0.29, 0.717) is 37.9 Å². The van der Waals surface area contributed by atoms with Gasteiger partial charge in [-0.15, -0.1) is 0 Å². The van der Waals surface area contributed by atoms with E-state index in [9.17, 15) is 9.90 Å². The maximum absolute atomic E-state index is 12.9. The van der Waals surface area contributed by atoms with Gasteiger partial charge in [0.05, 0.1) is 12.7 Å². The molecule has 206 valence electrons. The zero-order valence-electron chi connectivity index (χ0n) is 23.4. The number of nitrogens with one attached hydrogen (secondary N) is 2. The van der Waals surface area contributed by atoms with Crippen molar-refractivity contribution in [2.45, 2.75) is 84.9 Å². The molecule has 4 unspecified atom stereocenters. The van der Waals surface area contributed by atoms with Gasteiger partial charge in [0.25, 0.3) is 0 Å². The van der Waals surface area contributed by atoms with Gasteiger partial charge in [-0.3, -0.25) is 4.79 Å². The van der Waals surface area contributed by atoms with Gasteiger partial charge in [0.1, 0.15) is 5.75 Å². The van der Waals surface area contributed by atoms with E-state index in [2.05, 4.69) is 49.6 Å². The number of ether oxygens (including phenoxy) is 2. The number of benzene rings is 1. The van der Waals surface area contributed by atoms with Gasteiger partial charge >= 0.3 is 0 Å². The first-order chi connectivity index (χ1) is 17.1. The molecule has 7 nitrogen and oxygen atoms in total. The zero-order chi connectivity index (χ0) is 26.7. The van der Waals surface area contributed by atoms with Crippen molar-refractivity contribution in [2.75, 3.05) is 33.4 Å². The number of nitrogens with two attached hydrogens (primary N) is 1. The van der Waals surface area contributed by atoms with Gasteiger partial charge in [-0.1, -0.05) is 39.8 Å². The van der Waals surface area contributed by atoms with Crippen LogP contribution in [0.15, 0.2) is 18.2 Å². The number of carbonyl (C=O) groups excluding carboxylic acids is 1. The first-order valence-corrected chi connectivity index (χ1v) is 13.8. The molecule has 5 atom stereocenters. The van der Waals surface area contributed by atoms with Crippen molar-refractivity contribution in [1.82, 2.24) is 10.6 Å². The Balaban J connectivity index is 1.97. The largest absolute Gasteiger partial charge is 0.493 e. The first kappa shape index (κ1) is 30.6. The van der Waals surface area contributed by atoms with Gasteiger partial charge in [0.2, 0.25) is 5.91 Å². The average molecular weight is 506 g/mol. The van der Waals surface area contributed by atoms with Gasteiger partial charge in [0, 0.05) is 44.7 Å². The van der Waals surface area contributed by atoms with Crippen LogP contribution < -0.4 is 21.1 Å². The van der Waals surface area contributed by atoms with Crippen molar-refractivity contribution in [3.05, 3.63) is 29.3 Å². The summed E-state index contributed by atoms with van der Waals surface area (Å²) in [5.41, 5.74) is 8.88. The molecular weight excluding hydrogens is 454 g/mol. The summed E-state index contributed by atoms with van der Waals surface area (Å²) >= 11 is 0. The van der Waals surface area contributed by atoms with Crippen LogP contribution in [0.5, 0.6) is 5.75 Å². The number of methoxy groups -OCH3 is 1. The highest BCUT2D eigenvalue weighted by atomic mass is 16.5. The molecule has 1 aliphatic rings. The maximum Gasteiger partial charge on any atom is 0.223 e. The molecule has 1 aromatic carbocycles. The molecule has 1 saturated heterocycles. The number of aliphatic hydroxyl groups is 1. The molecule has 0 saturated carbocycles. The predicted octanol–water partition coefficient (Wildman–Crippen LogP) is 3.44. The molecule has 1 aliphatic heterocycles. The molecule has 0 aromatic heterocycles. The van der Waals surface area contributed by atoms with Crippen molar-refractivity contribution in [3.63, 3.8) is 0 Å². The lowest BCUT2D eigenvalue weighted by atomic mass is 9.80. The van der Waals surface area contributed by atoms with E-state index in [4.69, 9.17) is 15.2 Å². The molecule has 1 aromatic rings. The summed E-state index contributed by atoms with van der Waals surface area (Å²) in [6.07, 6.45) is 3.05. The molecule has 1 heterocycles. The third-order valence-corrected chi connectivity index (χ3v) is 7.56. The number of aryl methyl sites for hydroxylation is 1. The molecular formula is C29H51N3O4. The summed E-state index contributed by atoms with van der Waals surface area (Å²) < 4.78 is 11.1. The van der Waals surface area contributed by atoms with E-state index in [-0.39, 0.29) is 29.8 Å². The normalized spacial score (nSPS) is 19.3. The molecule has 0 aliphatic carbocycles. The number of aliphatic hydroxyl groups excluding tert-OH is 1. The summed E-state index contributed by atoms with van der Waals surface area (Å²) in [6, 6.07) is 6.20. The molecule has 0 radical (unpaired) electrons. The lowest BCUT2D eigenvalue weighted by molar-refractivity contribution is -0.128. The van der Waals surface area contributed by atoms with E-state index >= 15 is 0 Å². The van der Waals surface area contributed by atoms with Crippen LogP contribution in [0.25, 0.3) is 0 Å². The Kier molecular flexibility index (Phi) is 13.2. The van der Waals surface area contributed by atoms with E-state index in [1.54, 1.807) is 7.11 Å². The van der Waals surface area contributed by atoms with Gasteiger partial charge in [-0.25, -0.2) is 0 Å². The summed E-state index contributed by atoms with van der Waals surface area (Å²) in [6.45, 7) is 13.6. The molecule has 36 heavy (non-hydrogen) atoms. The Morgan fingerprint density at radius 1 is 1.19 bits per heavy atom. The van der Waals surface area contributed by atoms with E-state index < -0.39 is 6.10 Å². The van der Waals surface area contributed by atoms with E-state index in [1.165, 1.54) is 5.56 Å². The van der Waals surface area contributed by atoms with Gasteiger partial charge in [-0.2, -0.15) is 0 Å². The monoisotopic (exact) mass is 505 g/mol. The smallest absolute Gasteiger partial charge is 0.223 e. The summed E-state index contributed by atoms with van der Waals surface area (Å²) in [7, 11) is 1.70. The third-order valence-electron chi connectivity index (χ3n) is 7.56. The number of rotatable bonds is 16. The highest BCUT2D eigenvalue weighted by Gasteiger charge is 2.31. The van der Waals surface area contributed by atoms with Crippen LogP contribution in [0.3, 0.4) is 0 Å². The van der Waals surface area contributed by atoms with Crippen molar-refractivity contribution in [1.29, 1.82) is 0 Å². The number of carbonyl (C=O) groups is 1. The van der Waals surface area contributed by atoms with Crippen LogP contribution in [-0.2, 0) is 16.0 Å². The molecule has 2 rings (SSSR count). The van der Waals surface area contributed by atoms with Crippen LogP contribution in [0, 0.1) is 30.6 Å². The topological polar surface area (TPSA) is 106 Å². The molecule has 7 heteroatoms. The second-order valence-electron chi connectivity index (χ2n) is 11.3. The van der Waals surface area contributed by atoms with Crippen molar-refractivity contribution < 1.29 is 19.4 Å². The average Bonchev–Trinajstić information content (AvgIpc) is 3.33. The first-order valence-electron chi connectivity index (χ1n) is 13.8. The Hall–Kier alpha value is -1.67. The Morgan fingerprint density at radius 3 is 2.56 bits per heavy atom. The fraction of sp³-hybridized carbons (Fsp3) is 0.759. The van der Waals surface area contributed by atoms with Gasteiger partial charge < -0.3 is 30.9 Å². The Morgan fingerprint density at radius 2 is 1.94 bits per heavy atom. The summed E-state index contributed by atoms with van der Waals surface area (Å²) in [5, 5.41) is 17.5. The number of amides is 1. The lowest BCUT2D eigenvalue weighted by Crippen LogP contribution is -2.45. The lowest BCUT2D eigenvalue weighted by Gasteiger charge is -2.30. The highest BCUT2D eigenvalue weighted by molar-refractivity contribution is 5.79. The molecule has 0 spiro atoms.